The molecule has 7 heteroatoms. The number of hydrogen-bond donors (Lipinski definition) is 2. The Morgan fingerprint density at radius 3 is 2.15 bits per heavy atom. The summed E-state index contributed by atoms with van der Waals surface area (Å²) < 4.78 is 23.6. The number of hydrogen-bond acceptors (Lipinski definition) is 5. The number of sulfone groups is 1. The maximum absolute atomic E-state index is 11.8. The van der Waals surface area contributed by atoms with Crippen LogP contribution < -0.4 is 0 Å². The van der Waals surface area contributed by atoms with Crippen LogP contribution in [-0.4, -0.2) is 42.7 Å². The smallest absolute Gasteiger partial charge is 0.303 e. The predicted molar refractivity (Wildman–Crippen MR) is 71.4 cm³/mol. The zero-order valence-corrected chi connectivity index (χ0v) is 11.6. The van der Waals surface area contributed by atoms with Gasteiger partial charge < -0.3 is 10.2 Å². The highest BCUT2D eigenvalue weighted by Crippen LogP contribution is 2.14. The lowest BCUT2D eigenvalue weighted by Crippen LogP contribution is -2.09. The summed E-state index contributed by atoms with van der Waals surface area (Å²) in [5.41, 5.74) is 0.285. The molecule has 0 radical (unpaired) electrons. The minimum absolute atomic E-state index is 0.0840. The summed E-state index contributed by atoms with van der Waals surface area (Å²) >= 11 is 0. The number of carbonyl (C=O) groups is 2. The van der Waals surface area contributed by atoms with Crippen molar-refractivity contribution in [3.63, 3.8) is 0 Å². The van der Waals surface area contributed by atoms with Gasteiger partial charge in [-0.1, -0.05) is 12.1 Å². The first-order valence-electron chi connectivity index (χ1n) is 6.05. The van der Waals surface area contributed by atoms with E-state index in [1.54, 1.807) is 0 Å². The van der Waals surface area contributed by atoms with Crippen LogP contribution in [0.4, 0.5) is 0 Å². The van der Waals surface area contributed by atoms with E-state index >= 15 is 0 Å². The molecular weight excluding hydrogens is 284 g/mol. The fraction of sp³-hybridized carbons (Fsp3) is 0.385. The molecule has 20 heavy (non-hydrogen) atoms. The molecule has 0 heterocycles. The third-order valence-electron chi connectivity index (χ3n) is 2.67. The minimum atomic E-state index is -3.46. The Bertz CT molecular complexity index is 573. The van der Waals surface area contributed by atoms with Gasteiger partial charge in [-0.2, -0.15) is 0 Å². The van der Waals surface area contributed by atoms with Gasteiger partial charge in [-0.05, 0) is 18.6 Å². The molecule has 0 aliphatic rings. The SMILES string of the molecule is O=C(O)CCC(=O)c1ccc(S(=O)(=O)CCCO)cc1. The van der Waals surface area contributed by atoms with E-state index in [0.717, 1.165) is 0 Å². The second-order valence-corrected chi connectivity index (χ2v) is 6.35. The summed E-state index contributed by atoms with van der Waals surface area (Å²) in [6.45, 7) is -0.203. The van der Waals surface area contributed by atoms with Crippen LogP contribution in [0.25, 0.3) is 0 Å². The number of rotatable bonds is 8. The topological polar surface area (TPSA) is 109 Å². The molecular formula is C13H16O6S. The lowest BCUT2D eigenvalue weighted by molar-refractivity contribution is -0.136. The van der Waals surface area contributed by atoms with Gasteiger partial charge in [-0.3, -0.25) is 9.59 Å². The van der Waals surface area contributed by atoms with Gasteiger partial charge in [0.15, 0.2) is 15.6 Å². The standard InChI is InChI=1S/C13H16O6S/c14-8-1-9-20(18,19)11-4-2-10(3-5-11)12(15)6-7-13(16)17/h2-5,14H,1,6-9H2,(H,16,17). The Kier molecular flexibility index (Phi) is 5.84. The minimum Gasteiger partial charge on any atom is -0.481 e. The number of aliphatic hydroxyl groups is 1. The van der Waals surface area contributed by atoms with Crippen LogP contribution in [-0.2, 0) is 14.6 Å². The molecule has 0 atom stereocenters. The molecule has 6 nitrogen and oxygen atoms in total. The van der Waals surface area contributed by atoms with E-state index < -0.39 is 15.8 Å². The van der Waals surface area contributed by atoms with E-state index in [4.69, 9.17) is 10.2 Å². The Morgan fingerprint density at radius 2 is 1.65 bits per heavy atom. The highest BCUT2D eigenvalue weighted by Gasteiger charge is 2.15. The molecule has 2 N–H and O–H groups in total. The number of Topliss-reactive ketones (excluding diaryl/α,β-unsaturated/α-hetero) is 1. The maximum Gasteiger partial charge on any atom is 0.303 e. The number of carboxylic acid groups (broad SMARTS) is 1. The van der Waals surface area contributed by atoms with Crippen LogP contribution in [0.1, 0.15) is 29.6 Å². The van der Waals surface area contributed by atoms with Crippen molar-refractivity contribution in [3.8, 4) is 0 Å². The molecule has 0 aromatic heterocycles. The fourth-order valence-electron chi connectivity index (χ4n) is 1.59. The fourth-order valence-corrected chi connectivity index (χ4v) is 2.88. The van der Waals surface area contributed by atoms with Crippen LogP contribution in [0.2, 0.25) is 0 Å². The Morgan fingerprint density at radius 1 is 1.05 bits per heavy atom. The molecule has 0 unspecified atom stereocenters. The van der Waals surface area contributed by atoms with Crippen molar-refractivity contribution in [2.75, 3.05) is 12.4 Å². The molecule has 0 saturated carbocycles. The average molecular weight is 300 g/mol. The number of benzene rings is 1. The Balaban J connectivity index is 2.78. The normalized spacial score (nSPS) is 11.2. The van der Waals surface area contributed by atoms with E-state index in [9.17, 15) is 18.0 Å². The van der Waals surface area contributed by atoms with Crippen LogP contribution in [0.5, 0.6) is 0 Å². The zero-order chi connectivity index (χ0) is 15.2. The van der Waals surface area contributed by atoms with Crippen LogP contribution in [0.15, 0.2) is 29.2 Å². The quantitative estimate of drug-likeness (QED) is 0.690. The Labute approximate surface area is 117 Å². The summed E-state index contributed by atoms with van der Waals surface area (Å²) in [5, 5.41) is 17.1. The van der Waals surface area contributed by atoms with Crippen molar-refractivity contribution >= 4 is 21.6 Å². The molecule has 110 valence electrons. The maximum atomic E-state index is 11.8. The van der Waals surface area contributed by atoms with Crippen molar-refractivity contribution in [1.82, 2.24) is 0 Å². The van der Waals surface area contributed by atoms with Gasteiger partial charge in [0.1, 0.15) is 0 Å². The van der Waals surface area contributed by atoms with E-state index in [2.05, 4.69) is 0 Å². The first kappa shape index (κ1) is 16.3. The van der Waals surface area contributed by atoms with Gasteiger partial charge in [-0.15, -0.1) is 0 Å². The second-order valence-electron chi connectivity index (χ2n) is 4.24. The number of ketones is 1. The predicted octanol–water partition coefficient (Wildman–Crippen LogP) is 0.890. The molecule has 0 aliphatic carbocycles. The highest BCUT2D eigenvalue weighted by molar-refractivity contribution is 7.91. The van der Waals surface area contributed by atoms with Crippen LogP contribution in [0.3, 0.4) is 0 Å². The van der Waals surface area contributed by atoms with Gasteiger partial charge in [0.25, 0.3) is 0 Å². The van der Waals surface area contributed by atoms with Crippen LogP contribution >= 0.6 is 0 Å². The van der Waals surface area contributed by atoms with Gasteiger partial charge in [-0.25, -0.2) is 8.42 Å². The third kappa shape index (κ3) is 4.75. The zero-order valence-electron chi connectivity index (χ0n) is 10.8. The largest absolute Gasteiger partial charge is 0.481 e. The summed E-state index contributed by atoms with van der Waals surface area (Å²) in [6.07, 6.45) is -0.219. The van der Waals surface area contributed by atoms with Crippen molar-refractivity contribution in [3.05, 3.63) is 29.8 Å². The monoisotopic (exact) mass is 300 g/mol. The molecule has 0 saturated heterocycles. The van der Waals surface area contributed by atoms with Gasteiger partial charge >= 0.3 is 5.97 Å². The van der Waals surface area contributed by atoms with E-state index in [1.165, 1.54) is 24.3 Å². The molecule has 1 aromatic rings. The van der Waals surface area contributed by atoms with Crippen molar-refractivity contribution < 1.29 is 28.2 Å². The van der Waals surface area contributed by atoms with Gasteiger partial charge in [0, 0.05) is 18.6 Å². The lowest BCUT2D eigenvalue weighted by atomic mass is 10.1. The second kappa shape index (κ2) is 7.16. The molecule has 0 bridgehead atoms. The number of aliphatic carboxylic acids is 1. The van der Waals surface area contributed by atoms with E-state index in [-0.39, 0.29) is 47.9 Å². The van der Waals surface area contributed by atoms with E-state index in [1.807, 2.05) is 0 Å². The van der Waals surface area contributed by atoms with Crippen LogP contribution in [0, 0.1) is 0 Å². The first-order valence-corrected chi connectivity index (χ1v) is 7.70. The molecule has 0 amide bonds. The summed E-state index contributed by atoms with van der Waals surface area (Å²) in [6, 6.07) is 5.38. The molecule has 0 aliphatic heterocycles. The molecule has 1 aromatic carbocycles. The third-order valence-corrected chi connectivity index (χ3v) is 4.49. The highest BCUT2D eigenvalue weighted by atomic mass is 32.2. The average Bonchev–Trinajstić information content (AvgIpc) is 2.42. The lowest BCUT2D eigenvalue weighted by Gasteiger charge is -2.04. The van der Waals surface area contributed by atoms with Gasteiger partial charge in [0.2, 0.25) is 0 Å². The number of carboxylic acids is 1. The number of aliphatic hydroxyl groups excluding tert-OH is 1. The summed E-state index contributed by atoms with van der Waals surface area (Å²) in [4.78, 5) is 22.1. The van der Waals surface area contributed by atoms with Gasteiger partial charge in [0.05, 0.1) is 17.1 Å². The van der Waals surface area contributed by atoms with Crippen molar-refractivity contribution in [2.45, 2.75) is 24.2 Å². The summed E-state index contributed by atoms with van der Waals surface area (Å²) in [5.74, 6) is -1.55. The van der Waals surface area contributed by atoms with Crippen molar-refractivity contribution in [2.24, 2.45) is 0 Å². The van der Waals surface area contributed by atoms with Crippen molar-refractivity contribution in [1.29, 1.82) is 0 Å². The molecule has 0 spiro atoms. The summed E-state index contributed by atoms with van der Waals surface area (Å²) in [7, 11) is -3.46. The van der Waals surface area contributed by atoms with E-state index in [0.29, 0.717) is 0 Å². The Hall–Kier alpha value is -1.73. The first-order chi connectivity index (χ1) is 9.36. The number of carbonyl (C=O) groups excluding carboxylic acids is 1. The molecule has 0 fully saturated rings. The molecule has 1 rings (SSSR count).